The molecule has 28 heavy (non-hydrogen) atoms. The van der Waals surface area contributed by atoms with Crippen LogP contribution in [-0.2, 0) is 9.47 Å². The molecular weight excluding hydrogens is 356 g/mol. The van der Waals surface area contributed by atoms with E-state index in [0.717, 1.165) is 44.9 Å². The molecule has 0 bridgehead atoms. The van der Waals surface area contributed by atoms with Gasteiger partial charge in [0.05, 0.1) is 12.2 Å². The second-order valence-corrected chi connectivity index (χ2v) is 6.96. The van der Waals surface area contributed by atoms with Gasteiger partial charge in [-0.3, -0.25) is 0 Å². The third-order valence-electron chi connectivity index (χ3n) is 4.51. The highest BCUT2D eigenvalue weighted by atomic mass is 16.7. The van der Waals surface area contributed by atoms with Gasteiger partial charge < -0.3 is 24.8 Å². The van der Waals surface area contributed by atoms with Crippen LogP contribution < -0.4 is 0 Å². The summed E-state index contributed by atoms with van der Waals surface area (Å²) in [5, 5.41) is 29.9. The molecule has 0 radical (unpaired) electrons. The zero-order valence-corrected chi connectivity index (χ0v) is 17.0. The van der Waals surface area contributed by atoms with Crippen LogP contribution in [0.15, 0.2) is 24.8 Å². The van der Waals surface area contributed by atoms with Crippen molar-refractivity contribution in [2.45, 2.75) is 95.6 Å². The van der Waals surface area contributed by atoms with Crippen LogP contribution in [0.1, 0.15) is 58.8 Å². The summed E-state index contributed by atoms with van der Waals surface area (Å²) in [6.07, 6.45) is 6.30. The molecule has 5 heteroatoms. The van der Waals surface area contributed by atoms with Gasteiger partial charge in [-0.15, -0.1) is 6.58 Å². The number of hydrogen-bond donors (Lipinski definition) is 3. The summed E-state index contributed by atoms with van der Waals surface area (Å²) in [6.45, 7) is 7.43. The predicted molar refractivity (Wildman–Crippen MR) is 110 cm³/mol. The van der Waals surface area contributed by atoms with Crippen molar-refractivity contribution in [1.82, 2.24) is 0 Å². The molecule has 1 fully saturated rings. The van der Waals surface area contributed by atoms with Gasteiger partial charge in [0.1, 0.15) is 18.3 Å². The van der Waals surface area contributed by atoms with E-state index >= 15 is 0 Å². The highest BCUT2D eigenvalue weighted by Crippen LogP contribution is 2.24. The Hall–Kier alpha value is -1.60. The van der Waals surface area contributed by atoms with Gasteiger partial charge in [0, 0.05) is 6.42 Å². The molecule has 1 heterocycles. The molecule has 6 unspecified atom stereocenters. The fourth-order valence-corrected chi connectivity index (χ4v) is 2.78. The quantitative estimate of drug-likeness (QED) is 0.304. The highest BCUT2D eigenvalue weighted by molar-refractivity contribution is 5.30. The summed E-state index contributed by atoms with van der Waals surface area (Å²) < 4.78 is 11.4. The van der Waals surface area contributed by atoms with Crippen LogP contribution in [0.4, 0.5) is 0 Å². The van der Waals surface area contributed by atoms with Crippen molar-refractivity contribution >= 4 is 0 Å². The van der Waals surface area contributed by atoms with Crippen molar-refractivity contribution in [2.75, 3.05) is 0 Å². The summed E-state index contributed by atoms with van der Waals surface area (Å²) in [6, 6.07) is 0. The average Bonchev–Trinajstić information content (AvgIpc) is 2.69. The van der Waals surface area contributed by atoms with Crippen LogP contribution in [0.2, 0.25) is 0 Å². The number of rotatable bonds is 10. The number of unbranched alkanes of at least 4 members (excludes halogenated alkanes) is 4. The molecule has 0 amide bonds. The summed E-state index contributed by atoms with van der Waals surface area (Å²) in [7, 11) is 0. The van der Waals surface area contributed by atoms with Gasteiger partial charge in [0.25, 0.3) is 0 Å². The Morgan fingerprint density at radius 2 is 1.89 bits per heavy atom. The lowest BCUT2D eigenvalue weighted by molar-refractivity contribution is -0.300. The summed E-state index contributed by atoms with van der Waals surface area (Å²) >= 11 is 0. The van der Waals surface area contributed by atoms with Crippen LogP contribution >= 0.6 is 0 Å². The smallest absolute Gasteiger partial charge is 0.187 e. The third kappa shape index (κ3) is 9.06. The van der Waals surface area contributed by atoms with E-state index in [0.29, 0.717) is 0 Å². The van der Waals surface area contributed by atoms with E-state index in [-0.39, 0.29) is 6.10 Å². The van der Waals surface area contributed by atoms with Gasteiger partial charge in [-0.05, 0) is 56.6 Å². The largest absolute Gasteiger partial charge is 0.388 e. The first-order valence-corrected chi connectivity index (χ1v) is 10.1. The van der Waals surface area contributed by atoms with Gasteiger partial charge >= 0.3 is 0 Å². The van der Waals surface area contributed by atoms with E-state index < -0.39 is 30.7 Å². The average molecular weight is 391 g/mol. The number of ether oxygens (including phenoxy) is 2. The Kier molecular flexibility index (Phi) is 12.6. The monoisotopic (exact) mass is 390 g/mol. The van der Waals surface area contributed by atoms with Crippen molar-refractivity contribution in [2.24, 2.45) is 0 Å². The fraction of sp³-hybridized carbons (Fsp3) is 0.652. The van der Waals surface area contributed by atoms with E-state index in [9.17, 15) is 15.3 Å². The summed E-state index contributed by atoms with van der Waals surface area (Å²) in [5.41, 5.74) is 0. The van der Waals surface area contributed by atoms with Crippen LogP contribution in [0, 0.1) is 23.7 Å². The fourth-order valence-electron chi connectivity index (χ4n) is 2.78. The van der Waals surface area contributed by atoms with E-state index in [4.69, 9.17) is 9.47 Å². The van der Waals surface area contributed by atoms with Crippen LogP contribution in [0.25, 0.3) is 0 Å². The molecule has 0 aromatic rings. The molecule has 1 rings (SSSR count). The Morgan fingerprint density at radius 1 is 1.11 bits per heavy atom. The van der Waals surface area contributed by atoms with Crippen molar-refractivity contribution < 1.29 is 24.8 Å². The molecule has 6 atom stereocenters. The molecule has 0 saturated carbocycles. The van der Waals surface area contributed by atoms with Gasteiger partial charge in [-0.1, -0.05) is 37.7 Å². The minimum absolute atomic E-state index is 0.323. The first kappa shape index (κ1) is 24.4. The van der Waals surface area contributed by atoms with Crippen LogP contribution in [0.5, 0.6) is 0 Å². The highest BCUT2D eigenvalue weighted by Gasteiger charge is 2.42. The third-order valence-corrected chi connectivity index (χ3v) is 4.51. The molecule has 5 nitrogen and oxygen atoms in total. The van der Waals surface area contributed by atoms with E-state index in [1.54, 1.807) is 13.0 Å². The van der Waals surface area contributed by atoms with Gasteiger partial charge in [-0.2, -0.15) is 0 Å². The first-order chi connectivity index (χ1) is 13.5. The second-order valence-electron chi connectivity index (χ2n) is 6.96. The Labute approximate surface area is 169 Å². The zero-order valence-electron chi connectivity index (χ0n) is 17.0. The maximum atomic E-state index is 10.2. The molecule has 1 aliphatic heterocycles. The minimum atomic E-state index is -1.31. The first-order valence-electron chi connectivity index (χ1n) is 10.1. The molecule has 156 valence electrons. The number of aliphatic hydroxyl groups is 3. The van der Waals surface area contributed by atoms with E-state index in [2.05, 4.69) is 37.2 Å². The van der Waals surface area contributed by atoms with E-state index in [1.807, 2.05) is 12.2 Å². The van der Waals surface area contributed by atoms with Gasteiger partial charge in [0.2, 0.25) is 0 Å². The predicted octanol–water partition coefficient (Wildman–Crippen LogP) is 2.70. The zero-order chi connectivity index (χ0) is 20.8. The van der Waals surface area contributed by atoms with Crippen LogP contribution in [0.3, 0.4) is 0 Å². The lowest BCUT2D eigenvalue weighted by Gasteiger charge is -2.40. The van der Waals surface area contributed by atoms with Crippen molar-refractivity contribution in [3.8, 4) is 23.7 Å². The minimum Gasteiger partial charge on any atom is -0.388 e. The second kappa shape index (κ2) is 14.4. The number of aliphatic hydroxyl groups excluding tert-OH is 3. The Bertz CT molecular complexity index is 592. The lowest BCUT2D eigenvalue weighted by Crippen LogP contribution is -2.57. The molecule has 1 aliphatic rings. The van der Waals surface area contributed by atoms with Crippen LogP contribution in [-0.4, -0.2) is 52.1 Å². The summed E-state index contributed by atoms with van der Waals surface area (Å²) in [4.78, 5) is 0. The topological polar surface area (TPSA) is 79.2 Å². The maximum Gasteiger partial charge on any atom is 0.187 e. The molecule has 0 aromatic carbocycles. The molecule has 0 aromatic heterocycles. The maximum absolute atomic E-state index is 10.2. The molecule has 3 N–H and O–H groups in total. The van der Waals surface area contributed by atoms with Gasteiger partial charge in [-0.25, -0.2) is 0 Å². The van der Waals surface area contributed by atoms with Crippen molar-refractivity contribution in [3.63, 3.8) is 0 Å². The SMILES string of the molecule is C=CCCCCCC(C=CC#CC#CCCC)OC1OC(C)C(O)C(O)C1O. The molecule has 0 aliphatic carbocycles. The Morgan fingerprint density at radius 3 is 2.61 bits per heavy atom. The van der Waals surface area contributed by atoms with E-state index in [1.165, 1.54) is 0 Å². The Balaban J connectivity index is 2.68. The molecule has 0 spiro atoms. The lowest BCUT2D eigenvalue weighted by atomic mass is 10.00. The van der Waals surface area contributed by atoms with Gasteiger partial charge in [0.15, 0.2) is 6.29 Å². The summed E-state index contributed by atoms with van der Waals surface area (Å²) in [5.74, 6) is 11.4. The van der Waals surface area contributed by atoms with Crippen molar-refractivity contribution in [1.29, 1.82) is 0 Å². The number of allylic oxidation sites excluding steroid dienone is 2. The number of hydrogen-bond acceptors (Lipinski definition) is 5. The standard InChI is InChI=1S/C23H34O5/c1-4-6-8-10-11-13-15-17-19(16-14-12-9-7-5-2)28-23-22(26)21(25)20(24)18(3)27-23/h5,15,17-26H,2,4,6-7,9,12,14,16H2,1,3H3. The molecular formula is C23H34O5. The molecule has 1 saturated heterocycles. The normalized spacial score (nSPS) is 28.1. The van der Waals surface area contributed by atoms with Crippen molar-refractivity contribution in [3.05, 3.63) is 24.8 Å².